The zero-order valence-electron chi connectivity index (χ0n) is 10.4. The fourth-order valence-electron chi connectivity index (χ4n) is 1.12. The van der Waals surface area contributed by atoms with Crippen molar-refractivity contribution >= 4 is 7.60 Å². The third-order valence-electron chi connectivity index (χ3n) is 1.92. The molecule has 8 heteroatoms. The summed E-state index contributed by atoms with van der Waals surface area (Å²) >= 11 is 0. The van der Waals surface area contributed by atoms with Gasteiger partial charge in [-0.1, -0.05) is 0 Å². The Bertz CT molecular complexity index is 423. The fraction of sp³-hybridized carbons (Fsp3) is 0.556. The van der Waals surface area contributed by atoms with Crippen molar-refractivity contribution in [3.63, 3.8) is 0 Å². The molecule has 96 valence electrons. The molecule has 0 saturated heterocycles. The van der Waals surface area contributed by atoms with Gasteiger partial charge in [-0.15, -0.1) is 0 Å². The Morgan fingerprint density at radius 3 is 1.94 bits per heavy atom. The predicted molar refractivity (Wildman–Crippen MR) is 61.7 cm³/mol. The summed E-state index contributed by atoms with van der Waals surface area (Å²) in [6.45, 7) is 3.32. The molecule has 0 atom stereocenters. The highest BCUT2D eigenvalue weighted by molar-refractivity contribution is 7.58. The maximum absolute atomic E-state index is 12.0. The lowest BCUT2D eigenvalue weighted by Crippen LogP contribution is -2.00. The van der Waals surface area contributed by atoms with Crippen LogP contribution in [0.25, 0.3) is 4.98 Å². The molecule has 7 nitrogen and oxygen atoms in total. The van der Waals surface area contributed by atoms with E-state index in [1.54, 1.807) is 13.8 Å². The minimum atomic E-state index is -3.86. The van der Waals surface area contributed by atoms with Crippen LogP contribution in [0.5, 0.6) is 0 Å². The van der Waals surface area contributed by atoms with Crippen LogP contribution < -0.4 is 0 Å². The molecule has 0 aliphatic carbocycles. The molecule has 0 unspecified atom stereocenters. The number of allylic oxidation sites excluding steroid dienone is 1. The molecule has 0 aromatic rings. The Hall–Kier alpha value is -1.35. The molecule has 0 spiro atoms. The standard InChI is InChI=1S/C9H15N2O5P/c1-6(2)8(14-3)7(12)9(11-10)17(13,15-4)16-5/h1-5H3/p+1. The van der Waals surface area contributed by atoms with Crippen LogP contribution in [0, 0.1) is 5.39 Å². The first-order valence-corrected chi connectivity index (χ1v) is 6.14. The van der Waals surface area contributed by atoms with Crippen molar-refractivity contribution < 1.29 is 23.5 Å². The van der Waals surface area contributed by atoms with Crippen LogP contribution >= 0.6 is 7.60 Å². The zero-order chi connectivity index (χ0) is 13.6. The molecule has 0 aliphatic heterocycles. The third kappa shape index (κ3) is 3.30. The van der Waals surface area contributed by atoms with E-state index in [0.717, 1.165) is 14.2 Å². The van der Waals surface area contributed by atoms with E-state index in [9.17, 15) is 9.67 Å². The number of aliphatic hydroxyl groups excluding tert-OH is 1. The maximum Gasteiger partial charge on any atom is 0.515 e. The van der Waals surface area contributed by atoms with Crippen molar-refractivity contribution in [1.29, 1.82) is 5.39 Å². The van der Waals surface area contributed by atoms with Crippen molar-refractivity contribution in [2.75, 3.05) is 21.3 Å². The topological polar surface area (TPSA) is 93.1 Å². The fourth-order valence-corrected chi connectivity index (χ4v) is 2.08. The second-order valence-electron chi connectivity index (χ2n) is 3.17. The monoisotopic (exact) mass is 263 g/mol. The summed E-state index contributed by atoms with van der Waals surface area (Å²) in [6.07, 6.45) is 0. The molecule has 0 aromatic heterocycles. The molecule has 0 radical (unpaired) electrons. The summed E-state index contributed by atoms with van der Waals surface area (Å²) in [7, 11) is -0.320. The van der Waals surface area contributed by atoms with E-state index in [1.807, 2.05) is 0 Å². The predicted octanol–water partition coefficient (Wildman–Crippen LogP) is 2.99. The SMILES string of the molecule is COC(=C(C)C)/C(O)=C(\[N+]#N)P(=O)(OC)OC. The second-order valence-corrected chi connectivity index (χ2v) is 5.32. The van der Waals surface area contributed by atoms with Gasteiger partial charge in [0.1, 0.15) is 0 Å². The number of diazo groups is 1. The zero-order valence-corrected chi connectivity index (χ0v) is 11.3. The molecule has 0 bridgehead atoms. The Morgan fingerprint density at radius 2 is 1.71 bits per heavy atom. The van der Waals surface area contributed by atoms with Crippen LogP contribution in [-0.4, -0.2) is 26.4 Å². The van der Waals surface area contributed by atoms with Crippen LogP contribution in [0.15, 0.2) is 22.5 Å². The largest absolute Gasteiger partial charge is 0.515 e. The lowest BCUT2D eigenvalue weighted by atomic mass is 10.2. The van der Waals surface area contributed by atoms with E-state index in [4.69, 9.17) is 10.1 Å². The van der Waals surface area contributed by atoms with E-state index < -0.39 is 18.8 Å². The summed E-state index contributed by atoms with van der Waals surface area (Å²) in [5.41, 5.74) is -0.00884. The third-order valence-corrected chi connectivity index (χ3v) is 3.70. The van der Waals surface area contributed by atoms with E-state index in [-0.39, 0.29) is 5.76 Å². The molecule has 0 aromatic carbocycles. The van der Waals surface area contributed by atoms with Gasteiger partial charge < -0.3 is 18.9 Å². The van der Waals surface area contributed by atoms with Crippen LogP contribution in [-0.2, 0) is 18.3 Å². The van der Waals surface area contributed by atoms with Gasteiger partial charge in [0, 0.05) is 14.2 Å². The average molecular weight is 263 g/mol. The van der Waals surface area contributed by atoms with E-state index >= 15 is 0 Å². The first-order valence-electron chi connectivity index (χ1n) is 4.60. The van der Waals surface area contributed by atoms with Crippen molar-refractivity contribution in [3.05, 3.63) is 27.5 Å². The molecule has 0 heterocycles. The van der Waals surface area contributed by atoms with Crippen LogP contribution in [0.1, 0.15) is 13.8 Å². The molecule has 0 saturated carbocycles. The van der Waals surface area contributed by atoms with Crippen molar-refractivity contribution in [2.24, 2.45) is 0 Å². The molecule has 17 heavy (non-hydrogen) atoms. The van der Waals surface area contributed by atoms with Gasteiger partial charge in [0.05, 0.1) is 7.11 Å². The maximum atomic E-state index is 12.0. The van der Waals surface area contributed by atoms with Gasteiger partial charge in [-0.25, -0.2) is 4.57 Å². The Balaban J connectivity index is 5.92. The van der Waals surface area contributed by atoms with E-state index in [0.29, 0.717) is 5.57 Å². The summed E-state index contributed by atoms with van der Waals surface area (Å²) in [6, 6.07) is 0. The van der Waals surface area contributed by atoms with Crippen molar-refractivity contribution in [1.82, 2.24) is 0 Å². The van der Waals surface area contributed by atoms with Gasteiger partial charge in [0.15, 0.2) is 10.7 Å². The Morgan fingerprint density at radius 1 is 1.24 bits per heavy atom. The Kier molecular flexibility index (Phi) is 5.89. The number of ether oxygens (including phenoxy) is 1. The number of hydrogen-bond acceptors (Lipinski definition) is 6. The normalized spacial score (nSPS) is 12.5. The molecular formula is C9H16N2O5P+. The van der Waals surface area contributed by atoms with Crippen molar-refractivity contribution in [3.8, 4) is 0 Å². The van der Waals surface area contributed by atoms with E-state index in [2.05, 4.69) is 14.0 Å². The van der Waals surface area contributed by atoms with Gasteiger partial charge in [-0.3, -0.25) is 0 Å². The molecule has 0 aliphatic rings. The number of rotatable bonds is 5. The van der Waals surface area contributed by atoms with Crippen LogP contribution in [0.2, 0.25) is 0 Å². The highest BCUT2D eigenvalue weighted by Crippen LogP contribution is 2.56. The number of nitrogens with zero attached hydrogens (tertiary/aromatic N) is 2. The summed E-state index contributed by atoms with van der Waals surface area (Å²) in [5.74, 6) is -0.561. The van der Waals surface area contributed by atoms with E-state index in [1.165, 1.54) is 7.11 Å². The van der Waals surface area contributed by atoms with Gasteiger partial charge in [0.25, 0.3) is 5.76 Å². The Labute approximate surface area is 99.8 Å². The highest BCUT2D eigenvalue weighted by atomic mass is 31.2. The number of hydrogen-bond donors (Lipinski definition) is 1. The van der Waals surface area contributed by atoms with Crippen molar-refractivity contribution in [2.45, 2.75) is 13.8 Å². The number of methoxy groups -OCH3 is 1. The molecule has 0 rings (SSSR count). The van der Waals surface area contributed by atoms with Gasteiger partial charge >= 0.3 is 13.0 Å². The summed E-state index contributed by atoms with van der Waals surface area (Å²) in [4.78, 5) is 2.76. The molecule has 0 amide bonds. The highest BCUT2D eigenvalue weighted by Gasteiger charge is 2.45. The number of aliphatic hydroxyl groups is 1. The van der Waals surface area contributed by atoms with Gasteiger partial charge in [0.2, 0.25) is 5.39 Å². The first-order chi connectivity index (χ1) is 7.87. The van der Waals surface area contributed by atoms with Gasteiger partial charge in [-0.05, 0) is 19.4 Å². The van der Waals surface area contributed by atoms with Gasteiger partial charge in [-0.2, -0.15) is 0 Å². The molecule has 1 N–H and O–H groups in total. The molecular weight excluding hydrogens is 247 g/mol. The lowest BCUT2D eigenvalue weighted by Gasteiger charge is -2.09. The summed E-state index contributed by atoms with van der Waals surface area (Å²) < 4.78 is 26.1. The second kappa shape index (κ2) is 6.40. The lowest BCUT2D eigenvalue weighted by molar-refractivity contribution is 0.247. The summed E-state index contributed by atoms with van der Waals surface area (Å²) in [5, 5.41) is 18.7. The molecule has 0 fully saturated rings. The quantitative estimate of drug-likeness (QED) is 0.354. The average Bonchev–Trinajstić information content (AvgIpc) is 2.30. The van der Waals surface area contributed by atoms with Crippen LogP contribution in [0.3, 0.4) is 0 Å². The smallest absolute Gasteiger partial charge is 0.498 e. The van der Waals surface area contributed by atoms with Crippen LogP contribution in [0.4, 0.5) is 0 Å². The first kappa shape index (κ1) is 15.7. The minimum Gasteiger partial charge on any atom is -0.498 e. The minimum absolute atomic E-state index is 0.0344.